The summed E-state index contributed by atoms with van der Waals surface area (Å²) < 4.78 is 28.3. The van der Waals surface area contributed by atoms with E-state index in [9.17, 15) is 13.2 Å². The Bertz CT molecular complexity index is 1240. The highest BCUT2D eigenvalue weighted by molar-refractivity contribution is 7.89. The standard InChI is InChI=1S/C27H31N3O3S/c1-21-13-14-25(34(32,33)28-19-22-9-4-2-5-10-22)18-26(21)27(31)29-24-12-8-11-23(17-24)20-30-15-6-3-7-16-30/h2,4-5,8-14,17-18,28H,3,6-7,15-16,19-20H2,1H3,(H,29,31). The summed E-state index contributed by atoms with van der Waals surface area (Å²) in [5, 5.41) is 2.94. The summed E-state index contributed by atoms with van der Waals surface area (Å²) in [4.78, 5) is 15.6. The third kappa shape index (κ3) is 6.32. The molecule has 0 radical (unpaired) electrons. The largest absolute Gasteiger partial charge is 0.322 e. The lowest BCUT2D eigenvalue weighted by Gasteiger charge is -2.26. The fourth-order valence-electron chi connectivity index (χ4n) is 4.19. The molecule has 6 nitrogen and oxygen atoms in total. The number of hydrogen-bond acceptors (Lipinski definition) is 4. The maximum atomic E-state index is 13.1. The molecule has 3 aromatic carbocycles. The second-order valence-corrected chi connectivity index (χ2v) is 10.5. The third-order valence-electron chi connectivity index (χ3n) is 6.11. The van der Waals surface area contributed by atoms with E-state index in [0.717, 1.165) is 30.8 Å². The predicted molar refractivity (Wildman–Crippen MR) is 135 cm³/mol. The summed E-state index contributed by atoms with van der Waals surface area (Å²) in [7, 11) is -3.76. The summed E-state index contributed by atoms with van der Waals surface area (Å²) in [6.45, 7) is 5.06. The number of benzene rings is 3. The number of likely N-dealkylation sites (tertiary alicyclic amines) is 1. The van der Waals surface area contributed by atoms with E-state index in [0.29, 0.717) is 16.8 Å². The quantitative estimate of drug-likeness (QED) is 0.492. The van der Waals surface area contributed by atoms with Crippen LogP contribution in [0.15, 0.2) is 77.7 Å². The van der Waals surface area contributed by atoms with Crippen LogP contribution in [0.3, 0.4) is 0 Å². The molecule has 0 spiro atoms. The number of hydrogen-bond donors (Lipinski definition) is 2. The molecule has 0 unspecified atom stereocenters. The summed E-state index contributed by atoms with van der Waals surface area (Å²) >= 11 is 0. The van der Waals surface area contributed by atoms with Crippen molar-refractivity contribution in [2.45, 2.75) is 44.2 Å². The highest BCUT2D eigenvalue weighted by atomic mass is 32.2. The van der Waals surface area contributed by atoms with E-state index in [-0.39, 0.29) is 17.3 Å². The van der Waals surface area contributed by atoms with Crippen molar-refractivity contribution in [3.05, 3.63) is 95.1 Å². The molecule has 178 valence electrons. The van der Waals surface area contributed by atoms with Gasteiger partial charge in [0.25, 0.3) is 5.91 Å². The Hall–Kier alpha value is -3.00. The number of sulfonamides is 1. The van der Waals surface area contributed by atoms with E-state index in [2.05, 4.69) is 21.0 Å². The Morgan fingerprint density at radius 3 is 2.38 bits per heavy atom. The number of nitrogens with one attached hydrogen (secondary N) is 2. The fraction of sp³-hybridized carbons (Fsp3) is 0.296. The van der Waals surface area contributed by atoms with Gasteiger partial charge in [-0.25, -0.2) is 13.1 Å². The summed E-state index contributed by atoms with van der Waals surface area (Å²) in [5.74, 6) is -0.326. The summed E-state index contributed by atoms with van der Waals surface area (Å²) in [6.07, 6.45) is 3.76. The van der Waals surface area contributed by atoms with Gasteiger partial charge < -0.3 is 5.32 Å². The Morgan fingerprint density at radius 1 is 0.882 bits per heavy atom. The molecule has 1 aliphatic rings. The number of carbonyl (C=O) groups excluding carboxylic acids is 1. The van der Waals surface area contributed by atoms with Crippen molar-refractivity contribution in [3.8, 4) is 0 Å². The Kier molecular flexibility index (Phi) is 7.77. The lowest BCUT2D eigenvalue weighted by molar-refractivity contribution is 0.102. The number of anilines is 1. The first-order valence-corrected chi connectivity index (χ1v) is 13.2. The minimum absolute atomic E-state index is 0.0676. The molecule has 0 saturated carbocycles. The van der Waals surface area contributed by atoms with Gasteiger partial charge in [0.2, 0.25) is 10.0 Å². The third-order valence-corrected chi connectivity index (χ3v) is 7.51. The topological polar surface area (TPSA) is 78.5 Å². The van der Waals surface area contributed by atoms with Gasteiger partial charge in [-0.2, -0.15) is 0 Å². The van der Waals surface area contributed by atoms with Crippen molar-refractivity contribution in [1.29, 1.82) is 0 Å². The number of carbonyl (C=O) groups is 1. The lowest BCUT2D eigenvalue weighted by atomic mass is 10.1. The Labute approximate surface area is 202 Å². The first kappa shape index (κ1) is 24.1. The maximum Gasteiger partial charge on any atom is 0.255 e. The van der Waals surface area contributed by atoms with Gasteiger partial charge >= 0.3 is 0 Å². The van der Waals surface area contributed by atoms with E-state index in [1.165, 1.54) is 31.4 Å². The zero-order valence-corrected chi connectivity index (χ0v) is 20.3. The number of nitrogens with zero attached hydrogens (tertiary/aromatic N) is 1. The second-order valence-electron chi connectivity index (χ2n) is 8.78. The van der Waals surface area contributed by atoms with Crippen molar-refractivity contribution in [1.82, 2.24) is 9.62 Å². The van der Waals surface area contributed by atoms with Gasteiger partial charge in [0.1, 0.15) is 0 Å². The smallest absolute Gasteiger partial charge is 0.255 e. The molecule has 1 heterocycles. The lowest BCUT2D eigenvalue weighted by Crippen LogP contribution is -2.29. The van der Waals surface area contributed by atoms with E-state index >= 15 is 0 Å². The van der Waals surface area contributed by atoms with Crippen LogP contribution in [0.2, 0.25) is 0 Å². The normalized spacial score (nSPS) is 14.6. The van der Waals surface area contributed by atoms with Gasteiger partial charge in [-0.3, -0.25) is 9.69 Å². The van der Waals surface area contributed by atoms with Crippen molar-refractivity contribution < 1.29 is 13.2 Å². The maximum absolute atomic E-state index is 13.1. The monoisotopic (exact) mass is 477 g/mol. The van der Waals surface area contributed by atoms with E-state index < -0.39 is 10.0 Å². The molecular weight excluding hydrogens is 446 g/mol. The van der Waals surface area contributed by atoms with Gasteiger partial charge in [0.05, 0.1) is 4.90 Å². The van der Waals surface area contributed by atoms with Crippen LogP contribution in [-0.2, 0) is 23.1 Å². The molecule has 2 N–H and O–H groups in total. The fourth-order valence-corrected chi connectivity index (χ4v) is 5.24. The van der Waals surface area contributed by atoms with Gasteiger partial charge in [0, 0.05) is 24.3 Å². The molecule has 0 aliphatic carbocycles. The summed E-state index contributed by atoms with van der Waals surface area (Å²) in [6, 6.07) is 21.8. The van der Waals surface area contributed by atoms with Crippen LogP contribution in [0.1, 0.15) is 46.3 Å². The van der Waals surface area contributed by atoms with Crippen molar-refractivity contribution in [2.24, 2.45) is 0 Å². The van der Waals surface area contributed by atoms with Crippen LogP contribution in [0.4, 0.5) is 5.69 Å². The number of rotatable bonds is 8. The number of amides is 1. The molecule has 1 fully saturated rings. The van der Waals surface area contributed by atoms with Crippen LogP contribution in [0.5, 0.6) is 0 Å². The van der Waals surface area contributed by atoms with Crippen LogP contribution in [0.25, 0.3) is 0 Å². The second kappa shape index (κ2) is 11.0. The Balaban J connectivity index is 1.46. The molecular formula is C27H31N3O3S. The molecule has 1 amide bonds. The number of aryl methyl sites for hydroxylation is 1. The molecule has 4 rings (SSSR count). The molecule has 7 heteroatoms. The van der Waals surface area contributed by atoms with Gasteiger partial charge in [-0.1, -0.05) is 55.0 Å². The first-order valence-electron chi connectivity index (χ1n) is 11.7. The average Bonchev–Trinajstić information content (AvgIpc) is 2.84. The van der Waals surface area contributed by atoms with E-state index in [4.69, 9.17) is 0 Å². The van der Waals surface area contributed by atoms with E-state index in [1.54, 1.807) is 13.0 Å². The SMILES string of the molecule is Cc1ccc(S(=O)(=O)NCc2ccccc2)cc1C(=O)Nc1cccc(CN2CCCCC2)c1. The van der Waals surface area contributed by atoms with E-state index in [1.807, 2.05) is 48.5 Å². The molecule has 34 heavy (non-hydrogen) atoms. The van der Waals surface area contributed by atoms with Crippen LogP contribution < -0.4 is 10.0 Å². The van der Waals surface area contributed by atoms with Crippen LogP contribution in [0, 0.1) is 6.92 Å². The average molecular weight is 478 g/mol. The molecule has 3 aromatic rings. The highest BCUT2D eigenvalue weighted by Gasteiger charge is 2.18. The zero-order valence-electron chi connectivity index (χ0n) is 19.5. The number of piperidine rings is 1. The molecule has 1 saturated heterocycles. The summed E-state index contributed by atoms with van der Waals surface area (Å²) in [5.41, 5.74) is 3.76. The molecule has 0 atom stereocenters. The minimum atomic E-state index is -3.76. The van der Waals surface area contributed by atoms with Gasteiger partial charge in [-0.15, -0.1) is 0 Å². The van der Waals surface area contributed by atoms with Crippen molar-refractivity contribution >= 4 is 21.6 Å². The Morgan fingerprint density at radius 2 is 1.62 bits per heavy atom. The van der Waals surface area contributed by atoms with Crippen molar-refractivity contribution in [3.63, 3.8) is 0 Å². The van der Waals surface area contributed by atoms with Crippen molar-refractivity contribution in [2.75, 3.05) is 18.4 Å². The highest BCUT2D eigenvalue weighted by Crippen LogP contribution is 2.20. The minimum Gasteiger partial charge on any atom is -0.322 e. The molecule has 1 aliphatic heterocycles. The molecule has 0 aromatic heterocycles. The zero-order chi connectivity index (χ0) is 24.0. The van der Waals surface area contributed by atoms with Gasteiger partial charge in [0.15, 0.2) is 0 Å². The first-order chi connectivity index (χ1) is 16.4. The predicted octanol–water partition coefficient (Wildman–Crippen LogP) is 4.71. The van der Waals surface area contributed by atoms with Crippen LogP contribution >= 0.6 is 0 Å². The van der Waals surface area contributed by atoms with Crippen LogP contribution in [-0.4, -0.2) is 32.3 Å². The molecule has 0 bridgehead atoms. The van der Waals surface area contributed by atoms with Gasteiger partial charge in [-0.05, 0) is 73.8 Å².